The Balaban J connectivity index is 2.94. The van der Waals surface area contributed by atoms with Gasteiger partial charge in [0, 0.05) is 25.6 Å². The van der Waals surface area contributed by atoms with Crippen LogP contribution in [0.1, 0.15) is 20.8 Å². The standard InChI is InChI=1S/C10H20N2O3/c1-5-11-6-10(2,3)8(15-4)12(7-13)9(11)14/h8,13H,5-7H2,1-4H3. The summed E-state index contributed by atoms with van der Waals surface area (Å²) in [7, 11) is 1.56. The monoisotopic (exact) mass is 216 g/mol. The molecule has 5 nitrogen and oxygen atoms in total. The molecule has 5 heteroatoms. The number of hydrogen-bond donors (Lipinski definition) is 1. The molecule has 1 heterocycles. The number of methoxy groups -OCH3 is 1. The maximum Gasteiger partial charge on any atom is 0.323 e. The third-order valence-electron chi connectivity index (χ3n) is 2.82. The maximum atomic E-state index is 11.9. The number of aliphatic hydroxyl groups excluding tert-OH is 1. The summed E-state index contributed by atoms with van der Waals surface area (Å²) >= 11 is 0. The van der Waals surface area contributed by atoms with E-state index >= 15 is 0 Å². The zero-order valence-corrected chi connectivity index (χ0v) is 9.86. The Kier molecular flexibility index (Phi) is 3.57. The van der Waals surface area contributed by atoms with Crippen LogP contribution in [-0.4, -0.2) is 54.1 Å². The Hall–Kier alpha value is -0.810. The van der Waals surface area contributed by atoms with Gasteiger partial charge in [0.2, 0.25) is 0 Å². The van der Waals surface area contributed by atoms with E-state index in [-0.39, 0.29) is 24.4 Å². The lowest BCUT2D eigenvalue weighted by atomic mass is 9.87. The van der Waals surface area contributed by atoms with Crippen LogP contribution < -0.4 is 0 Å². The third-order valence-corrected chi connectivity index (χ3v) is 2.82. The van der Waals surface area contributed by atoms with Crippen molar-refractivity contribution in [2.45, 2.75) is 27.0 Å². The molecule has 0 aliphatic carbocycles. The largest absolute Gasteiger partial charge is 0.376 e. The summed E-state index contributed by atoms with van der Waals surface area (Å²) in [6, 6.07) is -0.161. The summed E-state index contributed by atoms with van der Waals surface area (Å²) in [5, 5.41) is 9.21. The highest BCUT2D eigenvalue weighted by molar-refractivity contribution is 5.75. The van der Waals surface area contributed by atoms with Crippen molar-refractivity contribution >= 4 is 6.03 Å². The molecule has 1 aliphatic heterocycles. The lowest BCUT2D eigenvalue weighted by Gasteiger charge is -2.48. The lowest BCUT2D eigenvalue weighted by molar-refractivity contribution is -0.138. The van der Waals surface area contributed by atoms with E-state index in [1.54, 1.807) is 12.0 Å². The third kappa shape index (κ3) is 2.08. The molecule has 0 aromatic rings. The van der Waals surface area contributed by atoms with E-state index in [1.807, 2.05) is 20.8 Å². The van der Waals surface area contributed by atoms with Gasteiger partial charge in [-0.3, -0.25) is 4.90 Å². The smallest absolute Gasteiger partial charge is 0.323 e. The molecule has 0 saturated carbocycles. The fourth-order valence-corrected chi connectivity index (χ4v) is 2.17. The summed E-state index contributed by atoms with van der Waals surface area (Å²) in [4.78, 5) is 14.9. The predicted molar refractivity (Wildman–Crippen MR) is 56.1 cm³/mol. The summed E-state index contributed by atoms with van der Waals surface area (Å²) in [6.07, 6.45) is -0.363. The van der Waals surface area contributed by atoms with Gasteiger partial charge in [-0.1, -0.05) is 13.8 Å². The molecule has 1 fully saturated rings. The number of rotatable bonds is 3. The average molecular weight is 216 g/mol. The van der Waals surface area contributed by atoms with Gasteiger partial charge in [-0.05, 0) is 6.92 Å². The highest BCUT2D eigenvalue weighted by Crippen LogP contribution is 2.32. The van der Waals surface area contributed by atoms with Gasteiger partial charge in [0.1, 0.15) is 13.0 Å². The van der Waals surface area contributed by atoms with Crippen LogP contribution in [0, 0.1) is 5.41 Å². The fourth-order valence-electron chi connectivity index (χ4n) is 2.17. The van der Waals surface area contributed by atoms with Gasteiger partial charge < -0.3 is 14.7 Å². The van der Waals surface area contributed by atoms with Crippen LogP contribution >= 0.6 is 0 Å². The highest BCUT2D eigenvalue weighted by atomic mass is 16.5. The zero-order valence-electron chi connectivity index (χ0n) is 9.86. The van der Waals surface area contributed by atoms with Gasteiger partial charge in [-0.15, -0.1) is 0 Å². The maximum absolute atomic E-state index is 11.9. The van der Waals surface area contributed by atoms with Gasteiger partial charge in [0.25, 0.3) is 0 Å². The molecule has 1 N–H and O–H groups in total. The number of aliphatic hydroxyl groups is 1. The lowest BCUT2D eigenvalue weighted by Crippen LogP contribution is -2.63. The molecule has 0 spiro atoms. The molecule has 0 radical (unpaired) electrons. The van der Waals surface area contributed by atoms with E-state index in [0.29, 0.717) is 13.1 Å². The minimum absolute atomic E-state index is 0.161. The molecule has 1 aliphatic rings. The summed E-state index contributed by atoms with van der Waals surface area (Å²) in [6.45, 7) is 6.97. The van der Waals surface area contributed by atoms with Gasteiger partial charge in [0.05, 0.1) is 0 Å². The normalized spacial score (nSPS) is 25.9. The Labute approximate surface area is 90.6 Å². The van der Waals surface area contributed by atoms with E-state index in [0.717, 1.165) is 0 Å². The van der Waals surface area contributed by atoms with Crippen molar-refractivity contribution in [3.8, 4) is 0 Å². The summed E-state index contributed by atoms with van der Waals surface area (Å²) in [5.41, 5.74) is -0.179. The van der Waals surface area contributed by atoms with Crippen LogP contribution in [0.15, 0.2) is 0 Å². The number of nitrogens with zero attached hydrogens (tertiary/aromatic N) is 2. The van der Waals surface area contributed by atoms with E-state index in [9.17, 15) is 9.90 Å². The SMILES string of the molecule is CCN1CC(C)(C)C(OC)N(CO)C1=O. The Morgan fingerprint density at radius 2 is 2.20 bits per heavy atom. The first kappa shape index (κ1) is 12.3. The molecule has 15 heavy (non-hydrogen) atoms. The van der Waals surface area contributed by atoms with Gasteiger partial charge >= 0.3 is 6.03 Å². The van der Waals surface area contributed by atoms with Gasteiger partial charge in [-0.2, -0.15) is 0 Å². The molecular formula is C10H20N2O3. The van der Waals surface area contributed by atoms with Crippen molar-refractivity contribution < 1.29 is 14.6 Å². The molecule has 1 atom stereocenters. The van der Waals surface area contributed by atoms with Crippen LogP contribution in [0.25, 0.3) is 0 Å². The Morgan fingerprint density at radius 1 is 1.60 bits per heavy atom. The average Bonchev–Trinajstić information content (AvgIpc) is 2.19. The van der Waals surface area contributed by atoms with Crippen LogP contribution in [-0.2, 0) is 4.74 Å². The fraction of sp³-hybridized carbons (Fsp3) is 0.900. The molecule has 1 rings (SSSR count). The number of carbonyl (C=O) groups is 1. The predicted octanol–water partition coefficient (Wildman–Crippen LogP) is 0.692. The molecule has 0 aromatic carbocycles. The van der Waals surface area contributed by atoms with Crippen molar-refractivity contribution in [3.05, 3.63) is 0 Å². The number of ether oxygens (including phenoxy) is 1. The van der Waals surface area contributed by atoms with Crippen molar-refractivity contribution in [1.29, 1.82) is 0 Å². The number of carbonyl (C=O) groups excluding carboxylic acids is 1. The quantitative estimate of drug-likeness (QED) is 0.755. The zero-order chi connectivity index (χ0) is 11.6. The van der Waals surface area contributed by atoms with Gasteiger partial charge in [-0.25, -0.2) is 4.79 Å². The van der Waals surface area contributed by atoms with Crippen LogP contribution in [0.3, 0.4) is 0 Å². The van der Waals surface area contributed by atoms with Crippen molar-refractivity contribution in [2.75, 3.05) is 26.9 Å². The minimum Gasteiger partial charge on any atom is -0.376 e. The Morgan fingerprint density at radius 3 is 2.60 bits per heavy atom. The van der Waals surface area contributed by atoms with E-state index in [4.69, 9.17) is 4.74 Å². The molecule has 0 aromatic heterocycles. The molecule has 0 bridgehead atoms. The number of hydrogen-bond acceptors (Lipinski definition) is 3. The molecule has 1 unspecified atom stereocenters. The second-order valence-electron chi connectivity index (χ2n) is 4.48. The van der Waals surface area contributed by atoms with Crippen LogP contribution in [0.2, 0.25) is 0 Å². The highest BCUT2D eigenvalue weighted by Gasteiger charge is 2.44. The minimum atomic E-state index is -0.363. The van der Waals surface area contributed by atoms with Crippen molar-refractivity contribution in [1.82, 2.24) is 9.80 Å². The van der Waals surface area contributed by atoms with Crippen molar-refractivity contribution in [3.63, 3.8) is 0 Å². The van der Waals surface area contributed by atoms with Crippen molar-refractivity contribution in [2.24, 2.45) is 5.41 Å². The second kappa shape index (κ2) is 4.37. The number of urea groups is 1. The summed E-state index contributed by atoms with van der Waals surface area (Å²) in [5.74, 6) is 0. The molecule has 1 saturated heterocycles. The first-order chi connectivity index (χ1) is 6.97. The van der Waals surface area contributed by atoms with Gasteiger partial charge in [0.15, 0.2) is 0 Å². The molecule has 88 valence electrons. The van der Waals surface area contributed by atoms with E-state index < -0.39 is 0 Å². The second-order valence-corrected chi connectivity index (χ2v) is 4.48. The topological polar surface area (TPSA) is 53.0 Å². The first-order valence-electron chi connectivity index (χ1n) is 5.17. The molecular weight excluding hydrogens is 196 g/mol. The number of amides is 2. The Bertz CT molecular complexity index is 243. The van der Waals surface area contributed by atoms with Crippen LogP contribution in [0.4, 0.5) is 4.79 Å². The molecule has 2 amide bonds. The summed E-state index contributed by atoms with van der Waals surface area (Å²) < 4.78 is 5.29. The van der Waals surface area contributed by atoms with E-state index in [1.165, 1.54) is 4.90 Å². The van der Waals surface area contributed by atoms with E-state index in [2.05, 4.69) is 0 Å². The van der Waals surface area contributed by atoms with Crippen LogP contribution in [0.5, 0.6) is 0 Å². The first-order valence-corrected chi connectivity index (χ1v) is 5.17.